The standard InChI is InChI=1S/C15H25N5/c1-10(2)7-20(8-11(3)4)15-13-12(5)18-19(6)14(13)16-9-17-15/h9-11H,7-8H2,1-6H3. The van der Waals surface area contributed by atoms with E-state index in [-0.39, 0.29) is 0 Å². The summed E-state index contributed by atoms with van der Waals surface area (Å²) in [5.74, 6) is 2.20. The fourth-order valence-electron chi connectivity index (χ4n) is 2.63. The van der Waals surface area contributed by atoms with Crippen LogP contribution in [0.4, 0.5) is 5.82 Å². The molecule has 0 unspecified atom stereocenters. The van der Waals surface area contributed by atoms with Gasteiger partial charge in [0.15, 0.2) is 5.65 Å². The van der Waals surface area contributed by atoms with Gasteiger partial charge in [0, 0.05) is 20.1 Å². The average Bonchev–Trinajstić information content (AvgIpc) is 2.63. The highest BCUT2D eigenvalue weighted by atomic mass is 15.3. The first-order chi connectivity index (χ1) is 9.40. The van der Waals surface area contributed by atoms with Crippen LogP contribution in [-0.4, -0.2) is 32.8 Å². The molecule has 0 atom stereocenters. The van der Waals surface area contributed by atoms with E-state index >= 15 is 0 Å². The van der Waals surface area contributed by atoms with Gasteiger partial charge < -0.3 is 4.90 Å². The lowest BCUT2D eigenvalue weighted by molar-refractivity contribution is 0.550. The molecule has 0 aromatic carbocycles. The van der Waals surface area contributed by atoms with Crippen LogP contribution >= 0.6 is 0 Å². The molecular formula is C15H25N5. The summed E-state index contributed by atoms with van der Waals surface area (Å²) in [6.07, 6.45) is 1.65. The van der Waals surface area contributed by atoms with Gasteiger partial charge in [-0.15, -0.1) is 0 Å². The molecule has 2 aromatic rings. The summed E-state index contributed by atoms with van der Waals surface area (Å²) < 4.78 is 1.83. The van der Waals surface area contributed by atoms with E-state index in [9.17, 15) is 0 Å². The average molecular weight is 275 g/mol. The number of nitrogens with zero attached hydrogens (tertiary/aromatic N) is 5. The molecule has 0 aliphatic rings. The molecule has 110 valence electrons. The summed E-state index contributed by atoms with van der Waals surface area (Å²) in [4.78, 5) is 11.3. The van der Waals surface area contributed by atoms with E-state index in [0.717, 1.165) is 35.6 Å². The minimum atomic E-state index is 0.593. The second-order valence-corrected chi connectivity index (χ2v) is 6.30. The first-order valence-electron chi connectivity index (χ1n) is 7.29. The van der Waals surface area contributed by atoms with Crippen LogP contribution in [0.15, 0.2) is 6.33 Å². The summed E-state index contributed by atoms with van der Waals surface area (Å²) in [6.45, 7) is 13.0. The first-order valence-corrected chi connectivity index (χ1v) is 7.29. The van der Waals surface area contributed by atoms with Gasteiger partial charge >= 0.3 is 0 Å². The van der Waals surface area contributed by atoms with Gasteiger partial charge in [-0.1, -0.05) is 27.7 Å². The normalized spacial score (nSPS) is 11.8. The van der Waals surface area contributed by atoms with E-state index in [0.29, 0.717) is 11.8 Å². The maximum absolute atomic E-state index is 4.55. The molecule has 5 heteroatoms. The van der Waals surface area contributed by atoms with Crippen LogP contribution in [0.25, 0.3) is 11.0 Å². The molecule has 2 rings (SSSR count). The molecule has 0 aliphatic heterocycles. The SMILES string of the molecule is Cc1nn(C)c2ncnc(N(CC(C)C)CC(C)C)c12. The van der Waals surface area contributed by atoms with Gasteiger partial charge in [-0.25, -0.2) is 9.97 Å². The highest BCUT2D eigenvalue weighted by molar-refractivity contribution is 5.89. The van der Waals surface area contributed by atoms with Crippen molar-refractivity contribution < 1.29 is 0 Å². The number of hydrogen-bond acceptors (Lipinski definition) is 4. The number of aryl methyl sites for hydroxylation is 2. The smallest absolute Gasteiger partial charge is 0.163 e. The monoisotopic (exact) mass is 275 g/mol. The molecule has 0 saturated heterocycles. The maximum atomic E-state index is 4.55. The zero-order chi connectivity index (χ0) is 14.9. The lowest BCUT2D eigenvalue weighted by atomic mass is 10.1. The van der Waals surface area contributed by atoms with Crippen molar-refractivity contribution in [3.05, 3.63) is 12.0 Å². The lowest BCUT2D eigenvalue weighted by Crippen LogP contribution is -2.32. The topological polar surface area (TPSA) is 46.8 Å². The van der Waals surface area contributed by atoms with Crippen molar-refractivity contribution in [1.29, 1.82) is 0 Å². The van der Waals surface area contributed by atoms with Gasteiger partial charge in [-0.05, 0) is 18.8 Å². The summed E-state index contributed by atoms with van der Waals surface area (Å²) in [6, 6.07) is 0. The molecule has 0 bridgehead atoms. The Labute approximate surface area is 121 Å². The minimum absolute atomic E-state index is 0.593. The Kier molecular flexibility index (Phi) is 4.26. The molecule has 0 spiro atoms. The third kappa shape index (κ3) is 2.92. The third-order valence-corrected chi connectivity index (χ3v) is 3.25. The summed E-state index contributed by atoms with van der Waals surface area (Å²) >= 11 is 0. The van der Waals surface area contributed by atoms with Gasteiger partial charge in [-0.3, -0.25) is 4.68 Å². The molecule has 5 nitrogen and oxygen atoms in total. The van der Waals surface area contributed by atoms with Gasteiger partial charge in [0.1, 0.15) is 12.1 Å². The fourth-order valence-corrected chi connectivity index (χ4v) is 2.63. The van der Waals surface area contributed by atoms with Crippen LogP contribution in [0.1, 0.15) is 33.4 Å². The predicted octanol–water partition coefficient (Wildman–Crippen LogP) is 2.79. The Bertz CT molecular complexity index is 575. The number of anilines is 1. The van der Waals surface area contributed by atoms with Crippen molar-refractivity contribution in [3.63, 3.8) is 0 Å². The number of rotatable bonds is 5. The molecule has 0 aliphatic carbocycles. The largest absolute Gasteiger partial charge is 0.355 e. The van der Waals surface area contributed by atoms with Crippen LogP contribution in [-0.2, 0) is 7.05 Å². The molecule has 20 heavy (non-hydrogen) atoms. The van der Waals surface area contributed by atoms with Gasteiger partial charge in [0.2, 0.25) is 0 Å². The molecule has 0 radical (unpaired) electrons. The highest BCUT2D eigenvalue weighted by Crippen LogP contribution is 2.26. The van der Waals surface area contributed by atoms with Crippen molar-refractivity contribution >= 4 is 16.9 Å². The highest BCUT2D eigenvalue weighted by Gasteiger charge is 2.19. The number of fused-ring (bicyclic) bond motifs is 1. The molecule has 2 aromatic heterocycles. The van der Waals surface area contributed by atoms with Gasteiger partial charge in [0.25, 0.3) is 0 Å². The van der Waals surface area contributed by atoms with Crippen molar-refractivity contribution in [1.82, 2.24) is 19.7 Å². The van der Waals surface area contributed by atoms with E-state index in [4.69, 9.17) is 0 Å². The van der Waals surface area contributed by atoms with E-state index in [1.807, 2.05) is 18.7 Å². The minimum Gasteiger partial charge on any atom is -0.355 e. The van der Waals surface area contributed by atoms with E-state index in [1.54, 1.807) is 6.33 Å². The molecule has 0 amide bonds. The molecule has 0 fully saturated rings. The van der Waals surface area contributed by atoms with E-state index in [1.165, 1.54) is 0 Å². The third-order valence-electron chi connectivity index (χ3n) is 3.25. The van der Waals surface area contributed by atoms with Crippen molar-refractivity contribution in [2.45, 2.75) is 34.6 Å². The van der Waals surface area contributed by atoms with Crippen LogP contribution in [0, 0.1) is 18.8 Å². The predicted molar refractivity (Wildman–Crippen MR) is 82.9 cm³/mol. The van der Waals surface area contributed by atoms with Crippen molar-refractivity contribution in [2.24, 2.45) is 18.9 Å². The molecular weight excluding hydrogens is 250 g/mol. The van der Waals surface area contributed by atoms with Crippen LogP contribution in [0.3, 0.4) is 0 Å². The zero-order valence-electron chi connectivity index (χ0n) is 13.4. The molecule has 2 heterocycles. The number of aromatic nitrogens is 4. The second-order valence-electron chi connectivity index (χ2n) is 6.30. The van der Waals surface area contributed by atoms with Crippen molar-refractivity contribution in [3.8, 4) is 0 Å². The maximum Gasteiger partial charge on any atom is 0.163 e. The summed E-state index contributed by atoms with van der Waals surface area (Å²) in [5, 5.41) is 5.56. The first kappa shape index (κ1) is 14.8. The Morgan fingerprint density at radius 1 is 1.10 bits per heavy atom. The fraction of sp³-hybridized carbons (Fsp3) is 0.667. The van der Waals surface area contributed by atoms with Crippen molar-refractivity contribution in [2.75, 3.05) is 18.0 Å². The van der Waals surface area contributed by atoms with Crippen LogP contribution in [0.2, 0.25) is 0 Å². The molecule has 0 saturated carbocycles. The Balaban J connectivity index is 2.52. The summed E-state index contributed by atoms with van der Waals surface area (Å²) in [5.41, 5.74) is 1.90. The summed E-state index contributed by atoms with van der Waals surface area (Å²) in [7, 11) is 1.93. The van der Waals surface area contributed by atoms with Gasteiger partial charge in [-0.2, -0.15) is 5.10 Å². The Morgan fingerprint density at radius 3 is 2.25 bits per heavy atom. The zero-order valence-corrected chi connectivity index (χ0v) is 13.4. The Hall–Kier alpha value is -1.65. The second kappa shape index (κ2) is 5.77. The Morgan fingerprint density at radius 2 is 1.70 bits per heavy atom. The van der Waals surface area contributed by atoms with Crippen LogP contribution in [0.5, 0.6) is 0 Å². The molecule has 0 N–H and O–H groups in total. The quantitative estimate of drug-likeness (QED) is 0.842. The lowest BCUT2D eigenvalue weighted by Gasteiger charge is -2.27. The van der Waals surface area contributed by atoms with E-state index in [2.05, 4.69) is 47.7 Å². The van der Waals surface area contributed by atoms with Crippen LogP contribution < -0.4 is 4.90 Å². The van der Waals surface area contributed by atoms with Gasteiger partial charge in [0.05, 0.1) is 11.1 Å². The number of hydrogen-bond donors (Lipinski definition) is 0. The van der Waals surface area contributed by atoms with E-state index < -0.39 is 0 Å².